The van der Waals surface area contributed by atoms with Crippen LogP contribution in [0.3, 0.4) is 0 Å². The molecule has 2 aromatic rings. The maximum absolute atomic E-state index is 12.6. The highest BCUT2D eigenvalue weighted by molar-refractivity contribution is 7.92. The third-order valence-corrected chi connectivity index (χ3v) is 5.15. The van der Waals surface area contributed by atoms with Gasteiger partial charge in [-0.15, -0.1) is 0 Å². The van der Waals surface area contributed by atoms with Crippen molar-refractivity contribution in [1.29, 1.82) is 0 Å². The van der Waals surface area contributed by atoms with Crippen LogP contribution in [-0.2, 0) is 14.8 Å². The van der Waals surface area contributed by atoms with Gasteiger partial charge in [0.2, 0.25) is 15.9 Å². The minimum Gasteiger partial charge on any atom is -0.495 e. The minimum absolute atomic E-state index is 0.252. The van der Waals surface area contributed by atoms with Crippen molar-refractivity contribution in [2.24, 2.45) is 0 Å². The van der Waals surface area contributed by atoms with Crippen LogP contribution in [0.2, 0.25) is 0 Å². The van der Waals surface area contributed by atoms with E-state index in [2.05, 4.69) is 10.6 Å². The van der Waals surface area contributed by atoms with E-state index in [-0.39, 0.29) is 11.6 Å². The Labute approximate surface area is 170 Å². The number of para-hydroxylation sites is 3. The van der Waals surface area contributed by atoms with Crippen molar-refractivity contribution in [3.05, 3.63) is 54.1 Å². The molecule has 0 fully saturated rings. The quantitative estimate of drug-likeness (QED) is 0.649. The van der Waals surface area contributed by atoms with E-state index >= 15 is 0 Å². The van der Waals surface area contributed by atoms with E-state index in [1.807, 2.05) is 6.92 Å². The number of benzene rings is 2. The Balaban J connectivity index is 2.25. The Morgan fingerprint density at radius 3 is 2.38 bits per heavy atom. The highest BCUT2D eigenvalue weighted by Gasteiger charge is 2.24. The molecule has 8 nitrogen and oxygen atoms in total. The lowest BCUT2D eigenvalue weighted by atomic mass is 10.1. The third-order valence-electron chi connectivity index (χ3n) is 4.02. The Hall–Kier alpha value is -3.07. The van der Waals surface area contributed by atoms with E-state index in [0.29, 0.717) is 23.5 Å². The summed E-state index contributed by atoms with van der Waals surface area (Å²) in [4.78, 5) is 24.9. The van der Waals surface area contributed by atoms with E-state index in [1.165, 1.54) is 7.11 Å². The minimum atomic E-state index is -3.76. The first-order valence-corrected chi connectivity index (χ1v) is 10.9. The summed E-state index contributed by atoms with van der Waals surface area (Å²) in [5.41, 5.74) is 0.860. The van der Waals surface area contributed by atoms with Crippen LogP contribution in [0.1, 0.15) is 23.7 Å². The molecule has 2 amide bonds. The van der Waals surface area contributed by atoms with Crippen molar-refractivity contribution < 1.29 is 22.7 Å². The van der Waals surface area contributed by atoms with Crippen LogP contribution >= 0.6 is 0 Å². The molecule has 0 saturated carbocycles. The maximum Gasteiger partial charge on any atom is 0.253 e. The monoisotopic (exact) mass is 419 g/mol. The van der Waals surface area contributed by atoms with E-state index < -0.39 is 22.5 Å². The van der Waals surface area contributed by atoms with Crippen LogP contribution in [0.4, 0.5) is 11.4 Å². The van der Waals surface area contributed by atoms with Gasteiger partial charge in [-0.3, -0.25) is 13.9 Å². The first-order chi connectivity index (χ1) is 13.8. The van der Waals surface area contributed by atoms with Crippen LogP contribution in [0.5, 0.6) is 5.75 Å². The van der Waals surface area contributed by atoms with Crippen molar-refractivity contribution in [3.8, 4) is 5.75 Å². The first kappa shape index (κ1) is 22.2. The second-order valence-electron chi connectivity index (χ2n) is 6.29. The number of nitrogens with one attached hydrogen (secondary N) is 2. The van der Waals surface area contributed by atoms with Crippen molar-refractivity contribution in [1.82, 2.24) is 5.32 Å². The SMILES string of the molecule is CCCNC(=O)c1ccccc1NC(=O)CN(c1ccccc1OC)S(C)(=O)=O. The standard InChI is InChI=1S/C20H25N3O5S/c1-4-13-21-20(25)15-9-5-6-10-16(15)22-19(24)14-23(29(3,26)27)17-11-7-8-12-18(17)28-2/h5-12H,4,13-14H2,1-3H3,(H,21,25)(H,22,24). The van der Waals surface area contributed by atoms with Crippen molar-refractivity contribution in [2.45, 2.75) is 13.3 Å². The number of carbonyl (C=O) groups excluding carboxylic acids is 2. The summed E-state index contributed by atoms with van der Waals surface area (Å²) in [6.45, 7) is 1.98. The second-order valence-corrected chi connectivity index (χ2v) is 8.20. The van der Waals surface area contributed by atoms with Crippen molar-refractivity contribution in [3.63, 3.8) is 0 Å². The summed E-state index contributed by atoms with van der Waals surface area (Å²) in [7, 11) is -2.34. The molecule has 0 aromatic heterocycles. The predicted molar refractivity (Wildman–Crippen MR) is 113 cm³/mol. The van der Waals surface area contributed by atoms with Gasteiger partial charge in [0.15, 0.2) is 0 Å². The molecule has 156 valence electrons. The Morgan fingerprint density at radius 1 is 1.07 bits per heavy atom. The zero-order chi connectivity index (χ0) is 21.4. The fraction of sp³-hybridized carbons (Fsp3) is 0.300. The Kier molecular flexibility index (Phi) is 7.60. The molecule has 0 saturated heterocycles. The summed E-state index contributed by atoms with van der Waals surface area (Å²) in [5.74, 6) is -0.574. The third kappa shape index (κ3) is 5.95. The largest absolute Gasteiger partial charge is 0.495 e. The van der Waals surface area contributed by atoms with Gasteiger partial charge in [0.05, 0.1) is 30.3 Å². The number of methoxy groups -OCH3 is 1. The van der Waals surface area contributed by atoms with Crippen molar-refractivity contribution in [2.75, 3.05) is 36.1 Å². The fourth-order valence-corrected chi connectivity index (χ4v) is 3.52. The molecule has 0 heterocycles. The molecule has 0 spiro atoms. The van der Waals surface area contributed by atoms with E-state index in [4.69, 9.17) is 4.74 Å². The molecule has 2 aromatic carbocycles. The molecule has 0 bridgehead atoms. The summed E-state index contributed by atoms with van der Waals surface area (Å²) in [5, 5.41) is 5.39. The van der Waals surface area contributed by atoms with Gasteiger partial charge in [-0.25, -0.2) is 8.42 Å². The molecule has 0 aliphatic carbocycles. The number of hydrogen-bond acceptors (Lipinski definition) is 5. The number of sulfonamides is 1. The van der Waals surface area contributed by atoms with Gasteiger partial charge >= 0.3 is 0 Å². The first-order valence-electron chi connectivity index (χ1n) is 9.05. The summed E-state index contributed by atoms with van der Waals surface area (Å²) in [6, 6.07) is 13.1. The number of carbonyl (C=O) groups is 2. The van der Waals surface area contributed by atoms with Gasteiger partial charge in [-0.2, -0.15) is 0 Å². The Morgan fingerprint density at radius 2 is 1.72 bits per heavy atom. The molecule has 0 unspecified atom stereocenters. The average Bonchev–Trinajstić information content (AvgIpc) is 2.69. The molecular formula is C20H25N3O5S. The zero-order valence-corrected chi connectivity index (χ0v) is 17.5. The number of hydrogen-bond donors (Lipinski definition) is 2. The zero-order valence-electron chi connectivity index (χ0n) is 16.6. The van der Waals surface area contributed by atoms with E-state index in [9.17, 15) is 18.0 Å². The van der Waals surface area contributed by atoms with Crippen LogP contribution in [-0.4, -0.2) is 46.7 Å². The van der Waals surface area contributed by atoms with Gasteiger partial charge in [0, 0.05) is 6.54 Å². The highest BCUT2D eigenvalue weighted by atomic mass is 32.2. The Bertz CT molecular complexity index is 976. The number of anilines is 2. The van der Waals surface area contributed by atoms with E-state index in [0.717, 1.165) is 17.0 Å². The molecule has 9 heteroatoms. The van der Waals surface area contributed by atoms with Gasteiger partial charge in [-0.1, -0.05) is 31.2 Å². The molecule has 0 aliphatic rings. The molecule has 0 atom stereocenters. The topological polar surface area (TPSA) is 105 Å². The lowest BCUT2D eigenvalue weighted by molar-refractivity contribution is -0.114. The van der Waals surface area contributed by atoms with Gasteiger partial charge < -0.3 is 15.4 Å². The molecule has 2 N–H and O–H groups in total. The second kappa shape index (κ2) is 9.92. The predicted octanol–water partition coefficient (Wildman–Crippen LogP) is 2.24. The summed E-state index contributed by atoms with van der Waals surface area (Å²) in [6.07, 6.45) is 1.79. The van der Waals surface area contributed by atoms with Gasteiger partial charge in [0.1, 0.15) is 12.3 Å². The number of ether oxygens (including phenoxy) is 1. The van der Waals surface area contributed by atoms with Crippen LogP contribution in [0.15, 0.2) is 48.5 Å². The molecular weight excluding hydrogens is 394 g/mol. The van der Waals surface area contributed by atoms with E-state index in [1.54, 1.807) is 48.5 Å². The van der Waals surface area contributed by atoms with Crippen LogP contribution in [0, 0.1) is 0 Å². The lowest BCUT2D eigenvalue weighted by Gasteiger charge is -2.23. The molecule has 0 radical (unpaired) electrons. The number of rotatable bonds is 9. The summed E-state index contributed by atoms with van der Waals surface area (Å²) < 4.78 is 30.8. The molecule has 0 aliphatic heterocycles. The smallest absolute Gasteiger partial charge is 0.253 e. The number of nitrogens with zero attached hydrogens (tertiary/aromatic N) is 1. The van der Waals surface area contributed by atoms with Crippen LogP contribution in [0.25, 0.3) is 0 Å². The number of amides is 2. The normalized spacial score (nSPS) is 10.9. The van der Waals surface area contributed by atoms with Crippen LogP contribution < -0.4 is 19.7 Å². The van der Waals surface area contributed by atoms with Gasteiger partial charge in [0.25, 0.3) is 5.91 Å². The molecule has 2 rings (SSSR count). The fourth-order valence-electron chi connectivity index (χ4n) is 2.66. The summed E-state index contributed by atoms with van der Waals surface area (Å²) >= 11 is 0. The average molecular weight is 420 g/mol. The molecule has 29 heavy (non-hydrogen) atoms. The lowest BCUT2D eigenvalue weighted by Crippen LogP contribution is -2.38. The van der Waals surface area contributed by atoms with Crippen molar-refractivity contribution >= 4 is 33.2 Å². The van der Waals surface area contributed by atoms with Gasteiger partial charge in [-0.05, 0) is 30.7 Å². The maximum atomic E-state index is 12.6. The highest BCUT2D eigenvalue weighted by Crippen LogP contribution is 2.29.